The van der Waals surface area contributed by atoms with Gasteiger partial charge in [-0.2, -0.15) is 0 Å². The van der Waals surface area contributed by atoms with Gasteiger partial charge in [-0.3, -0.25) is 4.90 Å². The average Bonchev–Trinajstić information content (AvgIpc) is 3.16. The van der Waals surface area contributed by atoms with Crippen LogP contribution in [0.15, 0.2) is 71.6 Å². The molecule has 178 valence electrons. The molecule has 6 heteroatoms. The summed E-state index contributed by atoms with van der Waals surface area (Å²) in [7, 11) is 0. The van der Waals surface area contributed by atoms with Crippen LogP contribution in [0, 0.1) is 5.92 Å². The maximum atomic E-state index is 10.1. The van der Waals surface area contributed by atoms with Crippen LogP contribution in [0.3, 0.4) is 0 Å². The van der Waals surface area contributed by atoms with Crippen molar-refractivity contribution in [2.24, 2.45) is 5.92 Å². The van der Waals surface area contributed by atoms with E-state index in [0.29, 0.717) is 12.6 Å². The maximum Gasteiger partial charge on any atom is 0.140 e. The molecule has 0 bridgehead atoms. The number of aromatic hydroxyl groups is 2. The van der Waals surface area contributed by atoms with E-state index in [1.165, 1.54) is 6.42 Å². The van der Waals surface area contributed by atoms with Gasteiger partial charge in [0.15, 0.2) is 0 Å². The normalized spacial score (nSPS) is 24.4. The number of hydrogen-bond acceptors (Lipinski definition) is 6. The third-order valence-electron chi connectivity index (χ3n) is 7.04. The molecule has 0 saturated carbocycles. The second-order valence-electron chi connectivity index (χ2n) is 9.26. The molecule has 2 aliphatic heterocycles. The molecule has 4 atom stereocenters. The van der Waals surface area contributed by atoms with Gasteiger partial charge in [0.2, 0.25) is 0 Å². The van der Waals surface area contributed by atoms with E-state index in [-0.39, 0.29) is 22.9 Å². The van der Waals surface area contributed by atoms with Gasteiger partial charge < -0.3 is 19.7 Å². The van der Waals surface area contributed by atoms with Crippen LogP contribution in [-0.4, -0.2) is 40.9 Å². The van der Waals surface area contributed by atoms with Crippen LogP contribution < -0.4 is 9.47 Å². The number of ether oxygens (including phenoxy) is 2. The van der Waals surface area contributed by atoms with E-state index in [1.807, 2.05) is 24.3 Å². The number of fused-ring (bicyclic) bond motifs is 1. The molecular formula is C28H31NO4S. The predicted octanol–water partition coefficient (Wildman–Crippen LogP) is 6.17. The molecule has 0 amide bonds. The minimum atomic E-state index is -0.246. The first kappa shape index (κ1) is 22.9. The van der Waals surface area contributed by atoms with Crippen molar-refractivity contribution in [3.8, 4) is 23.0 Å². The summed E-state index contributed by atoms with van der Waals surface area (Å²) in [6.07, 6.45) is 1.02. The summed E-state index contributed by atoms with van der Waals surface area (Å²) in [6.45, 7) is 7.39. The quantitative estimate of drug-likeness (QED) is 0.442. The Hall–Kier alpha value is -2.83. The van der Waals surface area contributed by atoms with Gasteiger partial charge in [-0.05, 0) is 79.4 Å². The zero-order chi connectivity index (χ0) is 23.7. The summed E-state index contributed by atoms with van der Waals surface area (Å²) in [6, 6.07) is 21.2. The first-order valence-electron chi connectivity index (χ1n) is 11.9. The van der Waals surface area contributed by atoms with Crippen molar-refractivity contribution in [1.82, 2.24) is 4.90 Å². The number of phenolic OH excluding ortho intramolecular Hbond substituents is 2. The molecule has 0 aliphatic carbocycles. The van der Waals surface area contributed by atoms with Crippen molar-refractivity contribution >= 4 is 11.8 Å². The molecule has 1 fully saturated rings. The Morgan fingerprint density at radius 2 is 1.76 bits per heavy atom. The predicted molar refractivity (Wildman–Crippen MR) is 135 cm³/mol. The van der Waals surface area contributed by atoms with Gasteiger partial charge in [-0.1, -0.05) is 31.2 Å². The average molecular weight is 478 g/mol. The fourth-order valence-corrected chi connectivity index (χ4v) is 6.11. The number of thioether (sulfide) groups is 1. The first-order chi connectivity index (χ1) is 16.5. The molecule has 0 unspecified atom stereocenters. The van der Waals surface area contributed by atoms with Gasteiger partial charge in [0, 0.05) is 12.6 Å². The first-order valence-corrected chi connectivity index (χ1v) is 12.8. The minimum Gasteiger partial charge on any atom is -0.508 e. The molecule has 34 heavy (non-hydrogen) atoms. The van der Waals surface area contributed by atoms with Crippen LogP contribution in [0.4, 0.5) is 0 Å². The lowest BCUT2D eigenvalue weighted by Crippen LogP contribution is -2.33. The molecular weight excluding hydrogens is 446 g/mol. The summed E-state index contributed by atoms with van der Waals surface area (Å²) >= 11 is 1.64. The van der Waals surface area contributed by atoms with Crippen LogP contribution in [0.2, 0.25) is 0 Å². The van der Waals surface area contributed by atoms with Crippen molar-refractivity contribution in [2.45, 2.75) is 42.6 Å². The van der Waals surface area contributed by atoms with Gasteiger partial charge in [0.1, 0.15) is 35.7 Å². The highest BCUT2D eigenvalue weighted by atomic mass is 32.2. The lowest BCUT2D eigenvalue weighted by atomic mass is 10.00. The molecule has 0 radical (unpaired) electrons. The molecule has 3 aromatic carbocycles. The van der Waals surface area contributed by atoms with Gasteiger partial charge in [0.05, 0.1) is 10.1 Å². The fraction of sp³-hybridized carbons (Fsp3) is 0.357. The lowest BCUT2D eigenvalue weighted by molar-refractivity contribution is 0.189. The van der Waals surface area contributed by atoms with Gasteiger partial charge in [0.25, 0.3) is 0 Å². The molecule has 0 aromatic heterocycles. The molecule has 2 heterocycles. The zero-order valence-corrected chi connectivity index (χ0v) is 20.4. The summed E-state index contributed by atoms with van der Waals surface area (Å²) < 4.78 is 12.5. The third-order valence-corrected chi connectivity index (χ3v) is 8.38. The van der Waals surface area contributed by atoms with E-state index in [9.17, 15) is 10.2 Å². The second-order valence-corrected chi connectivity index (χ2v) is 10.4. The summed E-state index contributed by atoms with van der Waals surface area (Å²) in [4.78, 5) is 3.39. The molecule has 3 aromatic rings. The van der Waals surface area contributed by atoms with Crippen LogP contribution in [0.5, 0.6) is 23.0 Å². The molecule has 2 N–H and O–H groups in total. The molecule has 5 nitrogen and oxygen atoms in total. The van der Waals surface area contributed by atoms with Crippen LogP contribution >= 0.6 is 11.8 Å². The van der Waals surface area contributed by atoms with E-state index in [0.717, 1.165) is 46.5 Å². The second kappa shape index (κ2) is 9.80. The molecule has 5 rings (SSSR count). The van der Waals surface area contributed by atoms with E-state index < -0.39 is 0 Å². The number of hydrogen-bond donors (Lipinski definition) is 2. The third kappa shape index (κ3) is 4.84. The van der Waals surface area contributed by atoms with Gasteiger partial charge in [-0.25, -0.2) is 0 Å². The van der Waals surface area contributed by atoms with E-state index in [2.05, 4.69) is 30.9 Å². The standard InChI is InChI=1S/C28H31NO4S/c1-18-12-13-29(19(18)2)14-15-32-24-9-6-20(7-10-24)27-28(21-4-3-5-22(30)16-21)34-26-17-23(31)8-11-25(26)33-27/h3-11,16-19,27-28,30-31H,12-15H2,1-2H3/t18-,19+,27+,28-/m1/s1. The number of likely N-dealkylation sites (tertiary alicyclic amines) is 1. The van der Waals surface area contributed by atoms with Gasteiger partial charge in [-0.15, -0.1) is 11.8 Å². The Morgan fingerprint density at radius 1 is 0.971 bits per heavy atom. The Bertz CT molecular complexity index is 1140. The van der Waals surface area contributed by atoms with E-state index in [4.69, 9.17) is 9.47 Å². The maximum absolute atomic E-state index is 10.1. The monoisotopic (exact) mass is 477 g/mol. The van der Waals surface area contributed by atoms with Crippen molar-refractivity contribution < 1.29 is 19.7 Å². The highest BCUT2D eigenvalue weighted by Crippen LogP contribution is 2.54. The Kier molecular flexibility index (Phi) is 6.61. The Balaban J connectivity index is 1.32. The Morgan fingerprint density at radius 3 is 2.50 bits per heavy atom. The van der Waals surface area contributed by atoms with E-state index in [1.54, 1.807) is 42.1 Å². The SMILES string of the molecule is C[C@@H]1CCN(CCOc2ccc([C@@H]3Oc4ccc(O)cc4S[C@@H]3c3cccc(O)c3)cc2)[C@H]1C. The van der Waals surface area contributed by atoms with Crippen LogP contribution in [0.25, 0.3) is 0 Å². The smallest absolute Gasteiger partial charge is 0.140 e. The number of phenols is 2. The highest BCUT2D eigenvalue weighted by Gasteiger charge is 2.34. The molecule has 1 saturated heterocycles. The molecule has 0 spiro atoms. The number of rotatable bonds is 6. The van der Waals surface area contributed by atoms with Crippen molar-refractivity contribution in [3.05, 3.63) is 77.9 Å². The van der Waals surface area contributed by atoms with Crippen molar-refractivity contribution in [3.63, 3.8) is 0 Å². The Labute approximate surface area is 205 Å². The zero-order valence-electron chi connectivity index (χ0n) is 19.6. The highest BCUT2D eigenvalue weighted by molar-refractivity contribution is 7.99. The van der Waals surface area contributed by atoms with Crippen LogP contribution in [-0.2, 0) is 0 Å². The largest absolute Gasteiger partial charge is 0.508 e. The topological polar surface area (TPSA) is 62.2 Å². The van der Waals surface area contributed by atoms with Crippen LogP contribution in [0.1, 0.15) is 42.7 Å². The summed E-state index contributed by atoms with van der Waals surface area (Å²) in [5.41, 5.74) is 2.01. The number of nitrogens with zero attached hydrogens (tertiary/aromatic N) is 1. The molecule has 2 aliphatic rings. The van der Waals surface area contributed by atoms with Gasteiger partial charge >= 0.3 is 0 Å². The number of benzene rings is 3. The van der Waals surface area contributed by atoms with E-state index >= 15 is 0 Å². The minimum absolute atomic E-state index is 0.0770. The lowest BCUT2D eigenvalue weighted by Gasteiger charge is -2.34. The van der Waals surface area contributed by atoms with Crippen molar-refractivity contribution in [1.29, 1.82) is 0 Å². The summed E-state index contributed by atoms with van der Waals surface area (Å²) in [5.74, 6) is 2.79. The fourth-order valence-electron chi connectivity index (χ4n) is 4.79. The summed E-state index contributed by atoms with van der Waals surface area (Å²) in [5, 5.41) is 19.9. The van der Waals surface area contributed by atoms with Crippen molar-refractivity contribution in [2.75, 3.05) is 19.7 Å².